The summed E-state index contributed by atoms with van der Waals surface area (Å²) in [5.41, 5.74) is 1.46. The molecule has 0 amide bonds. The van der Waals surface area contributed by atoms with Crippen LogP contribution in [0.3, 0.4) is 0 Å². The van der Waals surface area contributed by atoms with Gasteiger partial charge in [0.05, 0.1) is 29.5 Å². The number of fused-ring (bicyclic) bond motifs is 1. The Balaban J connectivity index is 1.60. The highest BCUT2D eigenvalue weighted by atomic mass is 19.1. The minimum absolute atomic E-state index is 0.0514. The number of nitrogens with one attached hydrogen (secondary N) is 2. The van der Waals surface area contributed by atoms with E-state index in [0.29, 0.717) is 30.2 Å². The summed E-state index contributed by atoms with van der Waals surface area (Å²) in [6.45, 7) is 4.50. The number of rotatable bonds is 6. The van der Waals surface area contributed by atoms with E-state index in [9.17, 15) is 4.39 Å². The molecule has 0 spiro atoms. The average molecular weight is 315 g/mol. The number of anilines is 1. The topological polar surface area (TPSA) is 75.7 Å². The minimum Gasteiger partial charge on any atom is -0.474 e. The molecule has 0 saturated carbocycles. The molecule has 6 nitrogen and oxygen atoms in total. The maximum Gasteiger partial charge on any atom is 0.234 e. The van der Waals surface area contributed by atoms with E-state index in [4.69, 9.17) is 4.74 Å². The van der Waals surface area contributed by atoms with E-state index in [1.165, 1.54) is 12.1 Å². The summed E-state index contributed by atoms with van der Waals surface area (Å²) < 4.78 is 18.7. The van der Waals surface area contributed by atoms with E-state index >= 15 is 0 Å². The van der Waals surface area contributed by atoms with Gasteiger partial charge in [-0.3, -0.25) is 4.98 Å². The number of benzene rings is 1. The molecule has 0 saturated heterocycles. The Morgan fingerprint density at radius 1 is 1.26 bits per heavy atom. The summed E-state index contributed by atoms with van der Waals surface area (Å²) in [6.07, 6.45) is 3.93. The number of H-pyrrole nitrogens is 1. The van der Waals surface area contributed by atoms with Gasteiger partial charge in [0.25, 0.3) is 0 Å². The third-order valence-corrected chi connectivity index (χ3v) is 3.13. The molecule has 0 radical (unpaired) electrons. The van der Waals surface area contributed by atoms with Crippen LogP contribution >= 0.6 is 0 Å². The molecule has 0 fully saturated rings. The van der Waals surface area contributed by atoms with E-state index in [1.807, 2.05) is 13.8 Å². The summed E-state index contributed by atoms with van der Waals surface area (Å²) >= 11 is 0. The minimum atomic E-state index is -0.275. The lowest BCUT2D eigenvalue weighted by Crippen LogP contribution is -2.10. The van der Waals surface area contributed by atoms with E-state index in [0.717, 1.165) is 11.3 Å². The zero-order valence-electron chi connectivity index (χ0n) is 13.0. The fourth-order valence-corrected chi connectivity index (χ4v) is 2.19. The van der Waals surface area contributed by atoms with Gasteiger partial charge in [-0.05, 0) is 32.0 Å². The number of nitrogens with zero attached hydrogens (tertiary/aromatic N) is 3. The highest BCUT2D eigenvalue weighted by Gasteiger charge is 2.05. The van der Waals surface area contributed by atoms with Crippen molar-refractivity contribution in [1.29, 1.82) is 0 Å². The van der Waals surface area contributed by atoms with Crippen molar-refractivity contribution in [1.82, 2.24) is 19.9 Å². The molecular weight excluding hydrogens is 297 g/mol. The first kappa shape index (κ1) is 15.2. The van der Waals surface area contributed by atoms with Gasteiger partial charge < -0.3 is 15.0 Å². The molecular formula is C16H18FN5O. The number of hydrogen-bond acceptors (Lipinski definition) is 5. The van der Waals surface area contributed by atoms with Crippen LogP contribution in [0, 0.1) is 5.82 Å². The van der Waals surface area contributed by atoms with Crippen LogP contribution in [0.25, 0.3) is 11.0 Å². The highest BCUT2D eigenvalue weighted by Crippen LogP contribution is 2.14. The van der Waals surface area contributed by atoms with Gasteiger partial charge in [-0.25, -0.2) is 9.37 Å². The predicted octanol–water partition coefficient (Wildman–Crippen LogP) is 2.93. The molecule has 0 aliphatic rings. The van der Waals surface area contributed by atoms with Crippen molar-refractivity contribution >= 4 is 16.9 Å². The number of ether oxygens (including phenoxy) is 1. The van der Waals surface area contributed by atoms with Gasteiger partial charge in [0, 0.05) is 13.0 Å². The SMILES string of the molecule is CC(C)Oc1cncc(NCCc2nc3ccc(F)cc3[nH]2)n1. The Morgan fingerprint density at radius 3 is 2.96 bits per heavy atom. The molecule has 120 valence electrons. The van der Waals surface area contributed by atoms with Crippen molar-refractivity contribution in [3.8, 4) is 5.88 Å². The predicted molar refractivity (Wildman–Crippen MR) is 86.0 cm³/mol. The molecule has 2 aromatic heterocycles. The summed E-state index contributed by atoms with van der Waals surface area (Å²) in [7, 11) is 0. The first-order valence-corrected chi connectivity index (χ1v) is 7.47. The maximum atomic E-state index is 13.2. The molecule has 7 heteroatoms. The monoisotopic (exact) mass is 315 g/mol. The lowest BCUT2D eigenvalue weighted by atomic mass is 10.3. The third-order valence-electron chi connectivity index (χ3n) is 3.13. The van der Waals surface area contributed by atoms with Crippen molar-refractivity contribution in [2.24, 2.45) is 0 Å². The second-order valence-corrected chi connectivity index (χ2v) is 5.43. The van der Waals surface area contributed by atoms with E-state index < -0.39 is 0 Å². The Hall–Kier alpha value is -2.70. The van der Waals surface area contributed by atoms with Gasteiger partial charge in [0.1, 0.15) is 17.5 Å². The second-order valence-electron chi connectivity index (χ2n) is 5.43. The molecule has 0 aliphatic carbocycles. The van der Waals surface area contributed by atoms with Gasteiger partial charge in [-0.15, -0.1) is 0 Å². The molecule has 0 unspecified atom stereocenters. The summed E-state index contributed by atoms with van der Waals surface area (Å²) in [5.74, 6) is 1.65. The normalized spacial score (nSPS) is 11.1. The number of hydrogen-bond donors (Lipinski definition) is 2. The summed E-state index contributed by atoms with van der Waals surface area (Å²) in [6, 6.07) is 4.51. The second kappa shape index (κ2) is 6.60. The molecule has 23 heavy (non-hydrogen) atoms. The fraction of sp³-hybridized carbons (Fsp3) is 0.312. The van der Waals surface area contributed by atoms with Gasteiger partial charge >= 0.3 is 0 Å². The van der Waals surface area contributed by atoms with Crippen LogP contribution in [0.2, 0.25) is 0 Å². The number of halogens is 1. The zero-order chi connectivity index (χ0) is 16.2. The van der Waals surface area contributed by atoms with E-state index in [-0.39, 0.29) is 11.9 Å². The fourth-order valence-electron chi connectivity index (χ4n) is 2.19. The first-order chi connectivity index (χ1) is 11.1. The first-order valence-electron chi connectivity index (χ1n) is 7.47. The van der Waals surface area contributed by atoms with Gasteiger partial charge in [0.15, 0.2) is 0 Å². The Bertz CT molecular complexity index is 802. The van der Waals surface area contributed by atoms with Crippen molar-refractivity contribution in [3.63, 3.8) is 0 Å². The van der Waals surface area contributed by atoms with E-state index in [2.05, 4.69) is 25.3 Å². The number of imidazole rings is 1. The summed E-state index contributed by atoms with van der Waals surface area (Å²) in [5, 5.41) is 3.17. The van der Waals surface area contributed by atoms with Crippen LogP contribution in [-0.2, 0) is 6.42 Å². The molecule has 2 N–H and O–H groups in total. The van der Waals surface area contributed by atoms with Crippen LogP contribution in [0.4, 0.5) is 10.2 Å². The smallest absolute Gasteiger partial charge is 0.234 e. The average Bonchev–Trinajstić information content (AvgIpc) is 2.88. The zero-order valence-corrected chi connectivity index (χ0v) is 13.0. The maximum absolute atomic E-state index is 13.2. The van der Waals surface area contributed by atoms with Crippen molar-refractivity contribution < 1.29 is 9.13 Å². The Morgan fingerprint density at radius 2 is 2.13 bits per heavy atom. The molecule has 1 aromatic carbocycles. The van der Waals surface area contributed by atoms with Crippen LogP contribution < -0.4 is 10.1 Å². The molecule has 0 aliphatic heterocycles. The van der Waals surface area contributed by atoms with Crippen LogP contribution in [0.5, 0.6) is 5.88 Å². The molecule has 0 bridgehead atoms. The van der Waals surface area contributed by atoms with Gasteiger partial charge in [-0.2, -0.15) is 4.98 Å². The molecule has 3 rings (SSSR count). The molecule has 3 aromatic rings. The lowest BCUT2D eigenvalue weighted by molar-refractivity contribution is 0.232. The van der Waals surface area contributed by atoms with Crippen molar-refractivity contribution in [3.05, 3.63) is 42.2 Å². The van der Waals surface area contributed by atoms with Gasteiger partial charge in [0.2, 0.25) is 5.88 Å². The van der Waals surface area contributed by atoms with Crippen molar-refractivity contribution in [2.45, 2.75) is 26.4 Å². The van der Waals surface area contributed by atoms with Crippen molar-refractivity contribution in [2.75, 3.05) is 11.9 Å². The largest absolute Gasteiger partial charge is 0.474 e. The molecule has 0 atom stereocenters. The number of aromatic amines is 1. The quantitative estimate of drug-likeness (QED) is 0.731. The third kappa shape index (κ3) is 3.94. The van der Waals surface area contributed by atoms with E-state index in [1.54, 1.807) is 18.5 Å². The standard InChI is InChI=1S/C16H18FN5O/c1-10(2)23-16-9-18-8-15(22-16)19-6-5-14-20-12-4-3-11(17)7-13(12)21-14/h3-4,7-10H,5-6H2,1-2H3,(H,19,22)(H,20,21). The number of aromatic nitrogens is 4. The van der Waals surface area contributed by atoms with Gasteiger partial charge in [-0.1, -0.05) is 0 Å². The summed E-state index contributed by atoms with van der Waals surface area (Å²) in [4.78, 5) is 15.9. The van der Waals surface area contributed by atoms with Crippen LogP contribution in [-0.4, -0.2) is 32.6 Å². The Kier molecular flexibility index (Phi) is 4.36. The highest BCUT2D eigenvalue weighted by molar-refractivity contribution is 5.74. The lowest BCUT2D eigenvalue weighted by Gasteiger charge is -2.09. The van der Waals surface area contributed by atoms with Crippen LogP contribution in [0.15, 0.2) is 30.6 Å². The molecule has 2 heterocycles. The Labute approximate surface area is 133 Å². The van der Waals surface area contributed by atoms with Crippen LogP contribution in [0.1, 0.15) is 19.7 Å².